The number of rotatable bonds is 7. The topological polar surface area (TPSA) is 53.4 Å². The Labute approximate surface area is 115 Å². The highest BCUT2D eigenvalue weighted by Gasteiger charge is 2.23. The molecule has 0 fully saturated rings. The zero-order valence-corrected chi connectivity index (χ0v) is 12.3. The molecule has 0 amide bonds. The molecule has 1 N–H and O–H groups in total. The zero-order chi connectivity index (χ0) is 14.4. The van der Waals surface area contributed by atoms with Gasteiger partial charge in [0.2, 0.25) is 0 Å². The van der Waals surface area contributed by atoms with Crippen LogP contribution in [0, 0.1) is 5.92 Å². The first-order chi connectivity index (χ1) is 9.01. The van der Waals surface area contributed by atoms with Crippen molar-refractivity contribution < 1.29 is 9.90 Å². The summed E-state index contributed by atoms with van der Waals surface area (Å²) in [5.74, 6) is 0.143. The van der Waals surface area contributed by atoms with Crippen LogP contribution >= 0.6 is 0 Å². The number of nitrogens with zero attached hydrogens (tertiary/aromatic N) is 2. The fourth-order valence-electron chi connectivity index (χ4n) is 2.32. The van der Waals surface area contributed by atoms with Gasteiger partial charge in [-0.2, -0.15) is 0 Å². The number of aromatic carboxylic acids is 1. The normalized spacial score (nSPS) is 11.1. The molecule has 0 atom stereocenters. The van der Waals surface area contributed by atoms with Crippen molar-refractivity contribution in [3.63, 3.8) is 0 Å². The lowest BCUT2D eigenvalue weighted by Gasteiger charge is -2.33. The summed E-state index contributed by atoms with van der Waals surface area (Å²) in [5, 5.41) is 9.31. The lowest BCUT2D eigenvalue weighted by Crippen LogP contribution is -2.39. The third kappa shape index (κ3) is 3.94. The van der Waals surface area contributed by atoms with Crippen molar-refractivity contribution in [2.75, 3.05) is 11.4 Å². The van der Waals surface area contributed by atoms with Gasteiger partial charge in [0.15, 0.2) is 0 Å². The molecule has 1 heterocycles. The minimum Gasteiger partial charge on any atom is -0.478 e. The summed E-state index contributed by atoms with van der Waals surface area (Å²) >= 11 is 0. The highest BCUT2D eigenvalue weighted by atomic mass is 16.4. The highest BCUT2D eigenvalue weighted by molar-refractivity contribution is 5.93. The fraction of sp³-hybridized carbons (Fsp3) is 0.600. The minimum atomic E-state index is -0.914. The average molecular weight is 264 g/mol. The van der Waals surface area contributed by atoms with Crippen LogP contribution in [-0.2, 0) is 0 Å². The lowest BCUT2D eigenvalue weighted by molar-refractivity contribution is 0.0697. The van der Waals surface area contributed by atoms with E-state index in [1.54, 1.807) is 18.3 Å². The maximum Gasteiger partial charge on any atom is 0.339 e. The van der Waals surface area contributed by atoms with E-state index in [-0.39, 0.29) is 5.56 Å². The van der Waals surface area contributed by atoms with E-state index in [1.165, 1.54) is 0 Å². The third-order valence-corrected chi connectivity index (χ3v) is 3.23. The molecule has 0 spiro atoms. The largest absolute Gasteiger partial charge is 0.478 e. The zero-order valence-electron chi connectivity index (χ0n) is 12.3. The van der Waals surface area contributed by atoms with E-state index in [1.807, 2.05) is 0 Å². The molecule has 1 aromatic rings. The average Bonchev–Trinajstić information content (AvgIpc) is 2.38. The Balaban J connectivity index is 3.20. The van der Waals surface area contributed by atoms with Crippen molar-refractivity contribution in [3.8, 4) is 0 Å². The van der Waals surface area contributed by atoms with Crippen molar-refractivity contribution in [2.24, 2.45) is 5.92 Å². The summed E-state index contributed by atoms with van der Waals surface area (Å²) in [7, 11) is 0. The molecule has 0 aliphatic rings. The number of carboxylic acids is 1. The van der Waals surface area contributed by atoms with Gasteiger partial charge in [-0.15, -0.1) is 0 Å². The molecule has 0 unspecified atom stereocenters. The Morgan fingerprint density at radius 3 is 2.47 bits per heavy atom. The van der Waals surface area contributed by atoms with Gasteiger partial charge >= 0.3 is 5.97 Å². The molecular weight excluding hydrogens is 240 g/mol. The molecule has 0 aliphatic heterocycles. The molecule has 1 aromatic heterocycles. The predicted molar refractivity (Wildman–Crippen MR) is 77.8 cm³/mol. The second-order valence-electron chi connectivity index (χ2n) is 5.20. The fourth-order valence-corrected chi connectivity index (χ4v) is 2.32. The van der Waals surface area contributed by atoms with Crippen molar-refractivity contribution >= 4 is 11.8 Å². The maximum atomic E-state index is 11.3. The number of anilines is 1. The molecule has 19 heavy (non-hydrogen) atoms. The lowest BCUT2D eigenvalue weighted by atomic mass is 10.1. The molecule has 4 nitrogen and oxygen atoms in total. The van der Waals surface area contributed by atoms with Gasteiger partial charge < -0.3 is 10.0 Å². The predicted octanol–water partition coefficient (Wildman–Crippen LogP) is 3.43. The van der Waals surface area contributed by atoms with E-state index in [0.717, 1.165) is 19.4 Å². The van der Waals surface area contributed by atoms with Gasteiger partial charge in [0.25, 0.3) is 0 Å². The van der Waals surface area contributed by atoms with Crippen LogP contribution < -0.4 is 4.90 Å². The minimum absolute atomic E-state index is 0.287. The summed E-state index contributed by atoms with van der Waals surface area (Å²) in [4.78, 5) is 17.8. The van der Waals surface area contributed by atoms with Crippen LogP contribution in [0.15, 0.2) is 18.3 Å². The van der Waals surface area contributed by atoms with Crippen molar-refractivity contribution in [1.82, 2.24) is 4.98 Å². The molecule has 0 radical (unpaired) electrons. The highest BCUT2D eigenvalue weighted by Crippen LogP contribution is 2.23. The van der Waals surface area contributed by atoms with Gasteiger partial charge in [-0.1, -0.05) is 27.7 Å². The van der Waals surface area contributed by atoms with E-state index in [4.69, 9.17) is 0 Å². The van der Waals surface area contributed by atoms with Crippen LogP contribution in [0.5, 0.6) is 0 Å². The van der Waals surface area contributed by atoms with Crippen LogP contribution in [0.3, 0.4) is 0 Å². The third-order valence-electron chi connectivity index (χ3n) is 3.23. The van der Waals surface area contributed by atoms with Gasteiger partial charge in [0.05, 0.1) is 0 Å². The second-order valence-corrected chi connectivity index (χ2v) is 5.20. The summed E-state index contributed by atoms with van der Waals surface area (Å²) in [6.07, 6.45) is 3.63. The van der Waals surface area contributed by atoms with Gasteiger partial charge in [-0.05, 0) is 30.9 Å². The number of carboxylic acid groups (broad SMARTS) is 1. The van der Waals surface area contributed by atoms with Gasteiger partial charge in [-0.3, -0.25) is 0 Å². The van der Waals surface area contributed by atoms with E-state index in [2.05, 4.69) is 37.6 Å². The van der Waals surface area contributed by atoms with Crippen molar-refractivity contribution in [1.29, 1.82) is 0 Å². The Morgan fingerprint density at radius 1 is 1.37 bits per heavy atom. The molecule has 0 aromatic carbocycles. The summed E-state index contributed by atoms with van der Waals surface area (Å²) < 4.78 is 0. The monoisotopic (exact) mass is 264 g/mol. The first kappa shape index (κ1) is 15.5. The van der Waals surface area contributed by atoms with Gasteiger partial charge in [-0.25, -0.2) is 9.78 Å². The first-order valence-electron chi connectivity index (χ1n) is 6.96. The summed E-state index contributed by atoms with van der Waals surface area (Å²) in [6, 6.07) is 3.63. The van der Waals surface area contributed by atoms with E-state index >= 15 is 0 Å². The Morgan fingerprint density at radius 2 is 2.00 bits per heavy atom. The van der Waals surface area contributed by atoms with E-state index in [0.29, 0.717) is 17.8 Å². The van der Waals surface area contributed by atoms with Crippen LogP contribution in [0.4, 0.5) is 5.82 Å². The first-order valence-corrected chi connectivity index (χ1v) is 6.96. The van der Waals surface area contributed by atoms with Crippen molar-refractivity contribution in [3.05, 3.63) is 23.9 Å². The van der Waals surface area contributed by atoms with Crippen LogP contribution in [0.2, 0.25) is 0 Å². The number of hydrogen-bond acceptors (Lipinski definition) is 3. The Kier molecular flexibility index (Phi) is 5.80. The van der Waals surface area contributed by atoms with E-state index < -0.39 is 5.97 Å². The van der Waals surface area contributed by atoms with Crippen LogP contribution in [-0.4, -0.2) is 28.6 Å². The summed E-state index contributed by atoms with van der Waals surface area (Å²) in [6.45, 7) is 9.36. The molecule has 0 saturated carbocycles. The van der Waals surface area contributed by atoms with Crippen molar-refractivity contribution in [2.45, 2.75) is 46.6 Å². The molecular formula is C15H24N2O2. The maximum absolute atomic E-state index is 11.3. The Hall–Kier alpha value is -1.58. The van der Waals surface area contributed by atoms with Gasteiger partial charge in [0, 0.05) is 18.8 Å². The number of pyridine rings is 1. The standard InChI is InChI=1S/C15H24N2O2/c1-5-12(6-2)17(10-11(3)4)14-13(15(18)19)8-7-9-16-14/h7-9,11-12H,5-6,10H2,1-4H3,(H,18,19). The van der Waals surface area contributed by atoms with Crippen LogP contribution in [0.1, 0.15) is 50.9 Å². The van der Waals surface area contributed by atoms with Crippen LogP contribution in [0.25, 0.3) is 0 Å². The molecule has 0 saturated heterocycles. The Bertz CT molecular complexity index is 414. The molecule has 0 bridgehead atoms. The number of hydrogen-bond donors (Lipinski definition) is 1. The smallest absolute Gasteiger partial charge is 0.339 e. The molecule has 0 aliphatic carbocycles. The molecule has 106 valence electrons. The van der Waals surface area contributed by atoms with Gasteiger partial charge in [0.1, 0.15) is 11.4 Å². The molecule has 4 heteroatoms. The number of carbonyl (C=O) groups is 1. The second kappa shape index (κ2) is 7.12. The molecule has 1 rings (SSSR count). The quantitative estimate of drug-likeness (QED) is 0.819. The SMILES string of the molecule is CCC(CC)N(CC(C)C)c1ncccc1C(=O)O. The van der Waals surface area contributed by atoms with E-state index in [9.17, 15) is 9.90 Å². The summed E-state index contributed by atoms with van der Waals surface area (Å²) in [5.41, 5.74) is 0.287. The number of aromatic nitrogens is 1.